The zero-order chi connectivity index (χ0) is 17.2. The molecule has 4 rings (SSSR count). The molecule has 2 aromatic carbocycles. The number of H-pyrrole nitrogens is 1. The number of carboxylic acid groups (broad SMARTS) is 1. The average molecular weight is 335 g/mol. The summed E-state index contributed by atoms with van der Waals surface area (Å²) in [5.41, 5.74) is 13.5. The SMILES string of the molecule is O=C(O)C1NNNC1c1ccc(-c2ccc(-c3cnc[nH]3)cc2)cc1. The van der Waals surface area contributed by atoms with Crippen molar-refractivity contribution in [2.45, 2.75) is 12.1 Å². The zero-order valence-corrected chi connectivity index (χ0v) is 13.2. The molecule has 25 heavy (non-hydrogen) atoms. The lowest BCUT2D eigenvalue weighted by atomic mass is 9.97. The normalized spacial score (nSPS) is 19.8. The van der Waals surface area contributed by atoms with E-state index in [1.165, 1.54) is 0 Å². The van der Waals surface area contributed by atoms with Crippen LogP contribution in [0.15, 0.2) is 61.1 Å². The molecule has 0 aliphatic carbocycles. The molecular weight excluding hydrogens is 318 g/mol. The molecule has 3 aromatic rings. The Morgan fingerprint density at radius 1 is 0.920 bits per heavy atom. The molecule has 2 heterocycles. The van der Waals surface area contributed by atoms with Crippen molar-refractivity contribution in [2.24, 2.45) is 0 Å². The fraction of sp³-hybridized carbons (Fsp3) is 0.111. The Morgan fingerprint density at radius 3 is 2.16 bits per heavy atom. The lowest BCUT2D eigenvalue weighted by Gasteiger charge is -2.15. The first-order valence-electron chi connectivity index (χ1n) is 7.90. The highest BCUT2D eigenvalue weighted by Crippen LogP contribution is 2.26. The lowest BCUT2D eigenvalue weighted by molar-refractivity contribution is -0.139. The molecule has 7 heteroatoms. The number of rotatable bonds is 4. The van der Waals surface area contributed by atoms with Crippen molar-refractivity contribution in [3.63, 3.8) is 0 Å². The first kappa shape index (κ1) is 15.5. The summed E-state index contributed by atoms with van der Waals surface area (Å²) in [5, 5.41) is 9.23. The van der Waals surface area contributed by atoms with Crippen LogP contribution in [-0.2, 0) is 4.79 Å². The van der Waals surface area contributed by atoms with Gasteiger partial charge in [0.1, 0.15) is 6.04 Å². The Kier molecular flexibility index (Phi) is 4.02. The standard InChI is InChI=1S/C18H17N5O2/c24-18(25)17-16(21-23-22-17)14-7-3-12(4-8-14)11-1-5-13(6-2-11)15-9-19-10-20-15/h1-10,16-17,21-23H,(H,19,20)(H,24,25). The van der Waals surface area contributed by atoms with Gasteiger partial charge < -0.3 is 10.1 Å². The van der Waals surface area contributed by atoms with E-state index in [1.54, 1.807) is 12.5 Å². The molecule has 126 valence electrons. The minimum Gasteiger partial charge on any atom is -0.480 e. The second-order valence-corrected chi connectivity index (χ2v) is 5.87. The highest BCUT2D eigenvalue weighted by atomic mass is 16.4. The van der Waals surface area contributed by atoms with Crippen molar-refractivity contribution in [3.8, 4) is 22.4 Å². The smallest absolute Gasteiger partial charge is 0.324 e. The maximum atomic E-state index is 11.3. The van der Waals surface area contributed by atoms with E-state index >= 15 is 0 Å². The number of aromatic amines is 1. The summed E-state index contributed by atoms with van der Waals surface area (Å²) in [6, 6.07) is 15.1. The Labute approximate surface area is 144 Å². The fourth-order valence-electron chi connectivity index (χ4n) is 2.98. The highest BCUT2D eigenvalue weighted by molar-refractivity contribution is 5.75. The van der Waals surface area contributed by atoms with E-state index in [1.807, 2.05) is 36.4 Å². The van der Waals surface area contributed by atoms with Crippen molar-refractivity contribution >= 4 is 5.97 Å². The molecule has 1 saturated heterocycles. The van der Waals surface area contributed by atoms with Gasteiger partial charge in [0.25, 0.3) is 0 Å². The number of hydrogen-bond donors (Lipinski definition) is 5. The molecule has 1 fully saturated rings. The van der Waals surface area contributed by atoms with E-state index in [4.69, 9.17) is 0 Å². The molecule has 1 aliphatic heterocycles. The first-order chi connectivity index (χ1) is 12.2. The molecule has 1 aliphatic rings. The number of aliphatic carboxylic acids is 1. The van der Waals surface area contributed by atoms with E-state index in [-0.39, 0.29) is 6.04 Å². The second kappa shape index (κ2) is 6.48. The molecule has 5 N–H and O–H groups in total. The number of carboxylic acids is 1. The lowest BCUT2D eigenvalue weighted by Crippen LogP contribution is -2.38. The minimum atomic E-state index is -0.902. The highest BCUT2D eigenvalue weighted by Gasteiger charge is 2.33. The molecule has 2 unspecified atom stereocenters. The summed E-state index contributed by atoms with van der Waals surface area (Å²) in [7, 11) is 0. The molecule has 0 amide bonds. The van der Waals surface area contributed by atoms with Gasteiger partial charge in [0, 0.05) is 0 Å². The summed E-state index contributed by atoms with van der Waals surface area (Å²) in [6.07, 6.45) is 3.45. The molecule has 0 spiro atoms. The van der Waals surface area contributed by atoms with Crippen molar-refractivity contribution in [2.75, 3.05) is 0 Å². The predicted octanol–water partition coefficient (Wildman–Crippen LogP) is 1.85. The van der Waals surface area contributed by atoms with Crippen molar-refractivity contribution in [3.05, 3.63) is 66.6 Å². The topological polar surface area (TPSA) is 102 Å². The van der Waals surface area contributed by atoms with Gasteiger partial charge in [-0.15, -0.1) is 0 Å². The summed E-state index contributed by atoms with van der Waals surface area (Å²) >= 11 is 0. The van der Waals surface area contributed by atoms with E-state index in [0.717, 1.165) is 27.9 Å². The Balaban J connectivity index is 1.55. The van der Waals surface area contributed by atoms with Gasteiger partial charge in [0.05, 0.1) is 24.3 Å². The van der Waals surface area contributed by atoms with Gasteiger partial charge in [0.2, 0.25) is 0 Å². The number of carbonyl (C=O) groups is 1. The number of hydrogen-bond acceptors (Lipinski definition) is 5. The summed E-state index contributed by atoms with van der Waals surface area (Å²) in [4.78, 5) is 18.4. The van der Waals surface area contributed by atoms with Crippen molar-refractivity contribution in [1.29, 1.82) is 0 Å². The van der Waals surface area contributed by atoms with Crippen LogP contribution in [0.3, 0.4) is 0 Å². The molecule has 0 radical (unpaired) electrons. The van der Waals surface area contributed by atoms with Crippen LogP contribution in [0.1, 0.15) is 11.6 Å². The third kappa shape index (κ3) is 3.03. The summed E-state index contributed by atoms with van der Waals surface area (Å²) < 4.78 is 0. The summed E-state index contributed by atoms with van der Waals surface area (Å²) in [6.45, 7) is 0. The fourth-order valence-corrected chi connectivity index (χ4v) is 2.98. The number of benzene rings is 2. The molecule has 0 saturated carbocycles. The molecular formula is C18H17N5O2. The van der Waals surface area contributed by atoms with Gasteiger partial charge in [-0.1, -0.05) is 48.5 Å². The van der Waals surface area contributed by atoms with Crippen LogP contribution >= 0.6 is 0 Å². The number of nitrogens with one attached hydrogen (secondary N) is 4. The van der Waals surface area contributed by atoms with E-state index in [9.17, 15) is 9.90 Å². The van der Waals surface area contributed by atoms with Gasteiger partial charge in [-0.3, -0.25) is 4.79 Å². The van der Waals surface area contributed by atoms with Crippen LogP contribution < -0.4 is 16.4 Å². The zero-order valence-electron chi connectivity index (χ0n) is 13.2. The first-order valence-corrected chi connectivity index (χ1v) is 7.90. The maximum absolute atomic E-state index is 11.3. The Bertz CT molecular complexity index is 859. The number of nitrogens with zero attached hydrogens (tertiary/aromatic N) is 1. The third-order valence-corrected chi connectivity index (χ3v) is 4.35. The van der Waals surface area contributed by atoms with Gasteiger partial charge in [-0.2, -0.15) is 5.53 Å². The molecule has 7 nitrogen and oxygen atoms in total. The Hall–Kier alpha value is -3.00. The third-order valence-electron chi connectivity index (χ3n) is 4.35. The van der Waals surface area contributed by atoms with E-state index < -0.39 is 12.0 Å². The van der Waals surface area contributed by atoms with Gasteiger partial charge in [-0.05, 0) is 22.3 Å². The monoisotopic (exact) mass is 335 g/mol. The Morgan fingerprint density at radius 2 is 1.56 bits per heavy atom. The minimum absolute atomic E-state index is 0.325. The number of hydrazine groups is 2. The summed E-state index contributed by atoms with van der Waals surface area (Å²) in [5.74, 6) is -0.902. The van der Waals surface area contributed by atoms with Gasteiger partial charge in [-0.25, -0.2) is 15.8 Å². The quantitative estimate of drug-likeness (QED) is 0.499. The maximum Gasteiger partial charge on any atom is 0.324 e. The van der Waals surface area contributed by atoms with Crippen LogP contribution in [0.4, 0.5) is 0 Å². The molecule has 0 bridgehead atoms. The van der Waals surface area contributed by atoms with Crippen LogP contribution in [0, 0.1) is 0 Å². The predicted molar refractivity (Wildman–Crippen MR) is 93.0 cm³/mol. The van der Waals surface area contributed by atoms with E-state index in [0.29, 0.717) is 0 Å². The molecule has 1 aromatic heterocycles. The number of imidazole rings is 1. The molecule has 2 atom stereocenters. The largest absolute Gasteiger partial charge is 0.480 e. The van der Waals surface area contributed by atoms with Gasteiger partial charge >= 0.3 is 5.97 Å². The van der Waals surface area contributed by atoms with E-state index in [2.05, 4.69) is 38.5 Å². The van der Waals surface area contributed by atoms with Gasteiger partial charge in [0.15, 0.2) is 0 Å². The number of aromatic nitrogens is 2. The average Bonchev–Trinajstić information content (AvgIpc) is 3.34. The second-order valence-electron chi connectivity index (χ2n) is 5.87. The van der Waals surface area contributed by atoms with Crippen LogP contribution in [0.2, 0.25) is 0 Å². The van der Waals surface area contributed by atoms with Crippen LogP contribution in [0.25, 0.3) is 22.4 Å². The van der Waals surface area contributed by atoms with Crippen molar-refractivity contribution in [1.82, 2.24) is 26.4 Å². The van der Waals surface area contributed by atoms with Crippen molar-refractivity contribution < 1.29 is 9.90 Å². The van der Waals surface area contributed by atoms with Crippen LogP contribution in [-0.4, -0.2) is 27.1 Å². The van der Waals surface area contributed by atoms with Crippen LogP contribution in [0.5, 0.6) is 0 Å².